The molecule has 0 heteroatoms. The zero-order valence-electron chi connectivity index (χ0n) is 8.28. The van der Waals surface area contributed by atoms with Gasteiger partial charge in [0.15, 0.2) is 0 Å². The summed E-state index contributed by atoms with van der Waals surface area (Å²) in [5.41, 5.74) is 5.67. The summed E-state index contributed by atoms with van der Waals surface area (Å²) in [5.74, 6) is 0. The zero-order chi connectivity index (χ0) is 9.14. The van der Waals surface area contributed by atoms with Crippen LogP contribution in [0.15, 0.2) is 12.1 Å². The van der Waals surface area contributed by atoms with Crippen molar-refractivity contribution in [3.8, 4) is 0 Å². The Bertz CT molecular complexity index is 248. The molecule has 0 fully saturated rings. The van der Waals surface area contributed by atoms with Gasteiger partial charge in [0, 0.05) is 0 Å². The van der Waals surface area contributed by atoms with Crippen LogP contribution < -0.4 is 0 Å². The van der Waals surface area contributed by atoms with E-state index >= 15 is 0 Å². The standard InChI is InChI=1S/C12H17/c1-5-6-12-10(3)7-9(2)8-11(12)4/h7-8H,1,5-6H2,2-4H3. The summed E-state index contributed by atoms with van der Waals surface area (Å²) < 4.78 is 0. The Morgan fingerprint density at radius 3 is 2.00 bits per heavy atom. The van der Waals surface area contributed by atoms with E-state index in [1.807, 2.05) is 0 Å². The van der Waals surface area contributed by atoms with Gasteiger partial charge in [0.25, 0.3) is 0 Å². The van der Waals surface area contributed by atoms with Gasteiger partial charge in [0.1, 0.15) is 0 Å². The van der Waals surface area contributed by atoms with E-state index < -0.39 is 0 Å². The van der Waals surface area contributed by atoms with Crippen molar-refractivity contribution in [1.29, 1.82) is 0 Å². The number of hydrogen-bond acceptors (Lipinski definition) is 0. The lowest BCUT2D eigenvalue weighted by Crippen LogP contribution is -1.94. The second-order valence-electron chi connectivity index (χ2n) is 3.48. The monoisotopic (exact) mass is 161 g/mol. The molecule has 0 atom stereocenters. The van der Waals surface area contributed by atoms with E-state index in [0.717, 1.165) is 12.8 Å². The van der Waals surface area contributed by atoms with Gasteiger partial charge in [0.2, 0.25) is 0 Å². The summed E-state index contributed by atoms with van der Waals surface area (Å²) in [7, 11) is 0. The zero-order valence-corrected chi connectivity index (χ0v) is 8.28. The average Bonchev–Trinajstić information content (AvgIpc) is 1.96. The van der Waals surface area contributed by atoms with Crippen molar-refractivity contribution in [1.82, 2.24) is 0 Å². The molecule has 1 aromatic carbocycles. The predicted octanol–water partition coefficient (Wildman–Crippen LogP) is 3.38. The van der Waals surface area contributed by atoms with E-state index in [2.05, 4.69) is 39.8 Å². The molecule has 0 saturated heterocycles. The van der Waals surface area contributed by atoms with Gasteiger partial charge in [0.05, 0.1) is 0 Å². The van der Waals surface area contributed by atoms with Crippen LogP contribution >= 0.6 is 0 Å². The van der Waals surface area contributed by atoms with Crippen LogP contribution in [0.5, 0.6) is 0 Å². The van der Waals surface area contributed by atoms with Crippen LogP contribution in [-0.4, -0.2) is 0 Å². The molecule has 0 nitrogen and oxygen atoms in total. The first-order chi connectivity index (χ1) is 5.65. The average molecular weight is 161 g/mol. The van der Waals surface area contributed by atoms with E-state index in [9.17, 15) is 0 Å². The highest BCUT2D eigenvalue weighted by atomic mass is 14.1. The normalized spacial score (nSPS) is 10.3. The molecule has 0 bridgehead atoms. The van der Waals surface area contributed by atoms with E-state index in [0.29, 0.717) is 0 Å². The Balaban J connectivity index is 3.10. The Kier molecular flexibility index (Phi) is 2.91. The fourth-order valence-electron chi connectivity index (χ4n) is 1.78. The van der Waals surface area contributed by atoms with Gasteiger partial charge in [-0.05, 0) is 50.3 Å². The third kappa shape index (κ3) is 1.88. The van der Waals surface area contributed by atoms with Crippen molar-refractivity contribution in [3.05, 3.63) is 41.3 Å². The van der Waals surface area contributed by atoms with Crippen molar-refractivity contribution < 1.29 is 0 Å². The quantitative estimate of drug-likeness (QED) is 0.623. The fourth-order valence-corrected chi connectivity index (χ4v) is 1.78. The van der Waals surface area contributed by atoms with Gasteiger partial charge in [-0.15, -0.1) is 0 Å². The van der Waals surface area contributed by atoms with Crippen LogP contribution in [0.4, 0.5) is 0 Å². The number of rotatable bonds is 2. The number of hydrogen-bond donors (Lipinski definition) is 0. The molecule has 0 aliphatic carbocycles. The second kappa shape index (κ2) is 3.75. The number of benzene rings is 1. The minimum atomic E-state index is 0.991. The molecule has 1 aromatic rings. The van der Waals surface area contributed by atoms with Gasteiger partial charge in [-0.25, -0.2) is 0 Å². The molecule has 0 heterocycles. The van der Waals surface area contributed by atoms with Crippen molar-refractivity contribution >= 4 is 0 Å². The smallest absolute Gasteiger partial charge is 0.0274 e. The molecule has 0 aromatic heterocycles. The molecular weight excluding hydrogens is 144 g/mol. The van der Waals surface area contributed by atoms with Crippen LogP contribution in [-0.2, 0) is 6.42 Å². The molecule has 0 N–H and O–H groups in total. The van der Waals surface area contributed by atoms with Crippen molar-refractivity contribution in [2.75, 3.05) is 0 Å². The van der Waals surface area contributed by atoms with Crippen LogP contribution in [0.2, 0.25) is 0 Å². The SMILES string of the molecule is [CH2]CCc1c(C)cc(C)cc1C. The lowest BCUT2D eigenvalue weighted by molar-refractivity contribution is 0.967. The Morgan fingerprint density at radius 1 is 1.08 bits per heavy atom. The molecule has 1 radical (unpaired) electrons. The third-order valence-corrected chi connectivity index (χ3v) is 2.27. The fraction of sp³-hybridized carbons (Fsp3) is 0.417. The van der Waals surface area contributed by atoms with Crippen molar-refractivity contribution in [2.45, 2.75) is 33.6 Å². The summed E-state index contributed by atoms with van der Waals surface area (Å²) in [5, 5.41) is 0. The van der Waals surface area contributed by atoms with E-state index in [1.165, 1.54) is 22.3 Å². The van der Waals surface area contributed by atoms with Gasteiger partial charge < -0.3 is 0 Å². The molecule has 0 unspecified atom stereocenters. The van der Waals surface area contributed by atoms with E-state index in [-0.39, 0.29) is 0 Å². The Morgan fingerprint density at radius 2 is 1.58 bits per heavy atom. The minimum Gasteiger partial charge on any atom is -0.0561 e. The molecule has 0 aliphatic heterocycles. The molecule has 1 rings (SSSR count). The van der Waals surface area contributed by atoms with E-state index in [1.54, 1.807) is 0 Å². The van der Waals surface area contributed by atoms with Crippen molar-refractivity contribution in [3.63, 3.8) is 0 Å². The van der Waals surface area contributed by atoms with Crippen LogP contribution in [0.1, 0.15) is 28.7 Å². The van der Waals surface area contributed by atoms with Crippen LogP contribution in [0.3, 0.4) is 0 Å². The third-order valence-electron chi connectivity index (χ3n) is 2.27. The molecular formula is C12H17. The topological polar surface area (TPSA) is 0 Å². The summed E-state index contributed by atoms with van der Waals surface area (Å²) >= 11 is 0. The van der Waals surface area contributed by atoms with Crippen molar-refractivity contribution in [2.24, 2.45) is 0 Å². The Hall–Kier alpha value is -0.780. The molecule has 65 valence electrons. The first kappa shape index (κ1) is 9.31. The highest BCUT2D eigenvalue weighted by molar-refractivity contribution is 5.37. The maximum atomic E-state index is 3.89. The van der Waals surface area contributed by atoms with Crippen LogP contribution in [0, 0.1) is 27.7 Å². The van der Waals surface area contributed by atoms with Gasteiger partial charge >= 0.3 is 0 Å². The molecule has 0 aliphatic rings. The highest BCUT2D eigenvalue weighted by Gasteiger charge is 2.01. The molecule has 0 spiro atoms. The lowest BCUT2D eigenvalue weighted by atomic mass is 9.97. The largest absolute Gasteiger partial charge is 0.0561 e. The Labute approximate surface area is 75.6 Å². The lowest BCUT2D eigenvalue weighted by Gasteiger charge is -2.09. The van der Waals surface area contributed by atoms with Gasteiger partial charge in [-0.2, -0.15) is 0 Å². The first-order valence-corrected chi connectivity index (χ1v) is 4.51. The molecule has 12 heavy (non-hydrogen) atoms. The second-order valence-corrected chi connectivity index (χ2v) is 3.48. The summed E-state index contributed by atoms with van der Waals surface area (Å²) in [6.07, 6.45) is 2.10. The molecule has 0 amide bonds. The maximum Gasteiger partial charge on any atom is -0.0274 e. The first-order valence-electron chi connectivity index (χ1n) is 4.51. The van der Waals surface area contributed by atoms with Crippen LogP contribution in [0.25, 0.3) is 0 Å². The maximum absolute atomic E-state index is 3.89. The molecule has 0 saturated carbocycles. The summed E-state index contributed by atoms with van der Waals surface area (Å²) in [6.45, 7) is 10.4. The predicted molar refractivity (Wildman–Crippen MR) is 54.3 cm³/mol. The van der Waals surface area contributed by atoms with Gasteiger partial charge in [-0.1, -0.05) is 24.6 Å². The number of aryl methyl sites for hydroxylation is 3. The summed E-state index contributed by atoms with van der Waals surface area (Å²) in [4.78, 5) is 0. The van der Waals surface area contributed by atoms with Gasteiger partial charge in [-0.3, -0.25) is 0 Å². The minimum absolute atomic E-state index is 0.991. The summed E-state index contributed by atoms with van der Waals surface area (Å²) in [6, 6.07) is 4.50. The van der Waals surface area contributed by atoms with E-state index in [4.69, 9.17) is 0 Å². The highest BCUT2D eigenvalue weighted by Crippen LogP contribution is 2.17.